The number of nitrogens with one attached hydrogen (secondary N) is 1. The van der Waals surface area contributed by atoms with Crippen molar-refractivity contribution in [1.29, 1.82) is 0 Å². The van der Waals surface area contributed by atoms with Crippen LogP contribution in [0.25, 0.3) is 17.1 Å². The van der Waals surface area contributed by atoms with E-state index < -0.39 is 5.91 Å². The van der Waals surface area contributed by atoms with Gasteiger partial charge in [0.15, 0.2) is 5.82 Å². The Kier molecular flexibility index (Phi) is 5.86. The Balaban J connectivity index is 1.41. The molecular weight excluding hydrogens is 461 g/mol. The van der Waals surface area contributed by atoms with Gasteiger partial charge in [-0.05, 0) is 62.2 Å². The summed E-state index contributed by atoms with van der Waals surface area (Å²) in [4.78, 5) is 17.2. The molecule has 1 amide bonds. The second kappa shape index (κ2) is 8.96. The molecule has 0 spiro atoms. The van der Waals surface area contributed by atoms with E-state index in [0.29, 0.717) is 27.4 Å². The predicted molar refractivity (Wildman–Crippen MR) is 127 cm³/mol. The summed E-state index contributed by atoms with van der Waals surface area (Å²) in [5.74, 6) is 1.93. The Bertz CT molecular complexity index is 1330. The number of carbonyl (C=O) groups excluding carboxylic acids is 1. The monoisotopic (exact) mass is 481 g/mol. The molecule has 5 rings (SSSR count). The van der Waals surface area contributed by atoms with Gasteiger partial charge in [0.2, 0.25) is 5.82 Å². The van der Waals surface area contributed by atoms with Gasteiger partial charge in [-0.3, -0.25) is 4.79 Å². The predicted octanol–water partition coefficient (Wildman–Crippen LogP) is 5.12. The van der Waals surface area contributed by atoms with Crippen molar-refractivity contribution in [3.63, 3.8) is 0 Å². The third-order valence-corrected chi connectivity index (χ3v) is 6.20. The molecule has 2 aromatic carbocycles. The van der Waals surface area contributed by atoms with Crippen molar-refractivity contribution in [2.45, 2.75) is 39.2 Å². The number of aromatic nitrogens is 6. The van der Waals surface area contributed by atoms with Crippen molar-refractivity contribution in [3.05, 3.63) is 70.0 Å². The molecule has 168 valence electrons. The van der Waals surface area contributed by atoms with E-state index in [1.807, 2.05) is 18.2 Å². The fourth-order valence-corrected chi connectivity index (χ4v) is 4.29. The lowest BCUT2D eigenvalue weighted by Crippen LogP contribution is -2.14. The van der Waals surface area contributed by atoms with Crippen molar-refractivity contribution < 1.29 is 4.79 Å². The molecule has 1 aliphatic heterocycles. The fraction of sp³-hybridized carbons (Fsp3) is 0.261. The van der Waals surface area contributed by atoms with E-state index in [4.69, 9.17) is 23.2 Å². The number of hydrogen-bond acceptors (Lipinski definition) is 5. The highest BCUT2D eigenvalue weighted by Gasteiger charge is 2.20. The summed E-state index contributed by atoms with van der Waals surface area (Å²) >= 11 is 12.5. The van der Waals surface area contributed by atoms with Crippen LogP contribution >= 0.6 is 23.2 Å². The Hall–Kier alpha value is -3.23. The molecule has 2 aromatic heterocycles. The first-order chi connectivity index (χ1) is 16.0. The fourth-order valence-electron chi connectivity index (χ4n) is 3.96. The van der Waals surface area contributed by atoms with Gasteiger partial charge in [0, 0.05) is 29.2 Å². The maximum absolute atomic E-state index is 12.9. The van der Waals surface area contributed by atoms with E-state index >= 15 is 0 Å². The van der Waals surface area contributed by atoms with Gasteiger partial charge in [-0.2, -0.15) is 0 Å². The molecule has 3 heterocycles. The van der Waals surface area contributed by atoms with Gasteiger partial charge in [-0.15, -0.1) is 15.3 Å². The first kappa shape index (κ1) is 21.6. The number of anilines is 1. The van der Waals surface area contributed by atoms with Gasteiger partial charge >= 0.3 is 0 Å². The standard InChI is InChI=1S/C23H21Cl2N7O/c1-14-26-21(30-32(14)17-9-6-15(24)7-10-17)23(33)27-16-8-11-19(25)18(13-16)22-29-28-20-5-3-2-4-12-31(20)22/h6-11,13H,2-5,12H2,1H3,(H,27,33). The molecule has 8 nitrogen and oxygen atoms in total. The van der Waals surface area contributed by atoms with Gasteiger partial charge in [-0.25, -0.2) is 9.67 Å². The first-order valence-electron chi connectivity index (χ1n) is 10.7. The summed E-state index contributed by atoms with van der Waals surface area (Å²) in [6.07, 6.45) is 4.26. The largest absolute Gasteiger partial charge is 0.319 e. The number of aryl methyl sites for hydroxylation is 2. The smallest absolute Gasteiger partial charge is 0.295 e. The number of halogens is 2. The van der Waals surface area contributed by atoms with Crippen LogP contribution < -0.4 is 5.32 Å². The molecule has 33 heavy (non-hydrogen) atoms. The van der Waals surface area contributed by atoms with E-state index in [1.165, 1.54) is 6.42 Å². The number of amides is 1. The zero-order chi connectivity index (χ0) is 22.9. The van der Waals surface area contributed by atoms with Crippen LogP contribution in [-0.4, -0.2) is 35.4 Å². The number of rotatable bonds is 4. The second-order valence-electron chi connectivity index (χ2n) is 7.92. The van der Waals surface area contributed by atoms with Crippen LogP contribution in [0.4, 0.5) is 5.69 Å². The third kappa shape index (κ3) is 4.36. The lowest BCUT2D eigenvalue weighted by atomic mass is 10.1. The summed E-state index contributed by atoms with van der Waals surface area (Å²) in [5.41, 5.74) is 2.07. The number of carbonyl (C=O) groups is 1. The highest BCUT2D eigenvalue weighted by molar-refractivity contribution is 6.33. The third-order valence-electron chi connectivity index (χ3n) is 5.62. The lowest BCUT2D eigenvalue weighted by molar-refractivity contribution is 0.101. The Labute approximate surface area is 200 Å². The van der Waals surface area contributed by atoms with E-state index in [2.05, 4.69) is 30.2 Å². The molecule has 0 atom stereocenters. The van der Waals surface area contributed by atoms with E-state index in [-0.39, 0.29) is 5.82 Å². The minimum atomic E-state index is -0.417. The molecule has 10 heteroatoms. The molecule has 4 aromatic rings. The zero-order valence-corrected chi connectivity index (χ0v) is 19.4. The number of benzene rings is 2. The van der Waals surface area contributed by atoms with Crippen LogP contribution in [0, 0.1) is 6.92 Å². The van der Waals surface area contributed by atoms with Crippen LogP contribution in [0.15, 0.2) is 42.5 Å². The van der Waals surface area contributed by atoms with E-state index in [9.17, 15) is 4.79 Å². The molecule has 0 radical (unpaired) electrons. The van der Waals surface area contributed by atoms with Crippen molar-refractivity contribution in [3.8, 4) is 17.1 Å². The average Bonchev–Trinajstić information content (AvgIpc) is 3.31. The van der Waals surface area contributed by atoms with E-state index in [1.54, 1.807) is 35.9 Å². The molecule has 1 N–H and O–H groups in total. The minimum absolute atomic E-state index is 0.0651. The van der Waals surface area contributed by atoms with Crippen molar-refractivity contribution in [1.82, 2.24) is 29.5 Å². The SMILES string of the molecule is Cc1nc(C(=O)Nc2ccc(Cl)c(-c3nnc4n3CCCCC4)c2)nn1-c1ccc(Cl)cc1. The average molecular weight is 482 g/mol. The number of hydrogen-bond donors (Lipinski definition) is 1. The van der Waals surface area contributed by atoms with Gasteiger partial charge in [0.1, 0.15) is 11.6 Å². The summed E-state index contributed by atoms with van der Waals surface area (Å²) in [7, 11) is 0. The normalized spacial score (nSPS) is 13.4. The molecule has 0 unspecified atom stereocenters. The van der Waals surface area contributed by atoms with Crippen LogP contribution in [0.1, 0.15) is 41.5 Å². The Morgan fingerprint density at radius 3 is 2.67 bits per heavy atom. The van der Waals surface area contributed by atoms with Crippen molar-refractivity contribution >= 4 is 34.8 Å². The van der Waals surface area contributed by atoms with Gasteiger partial charge in [0.05, 0.1) is 10.7 Å². The molecule has 0 saturated carbocycles. The summed E-state index contributed by atoms with van der Waals surface area (Å²) < 4.78 is 3.72. The molecule has 0 aliphatic carbocycles. The molecular formula is C23H21Cl2N7O. The molecule has 0 fully saturated rings. The summed E-state index contributed by atoms with van der Waals surface area (Å²) in [5, 5.41) is 17.1. The highest BCUT2D eigenvalue weighted by atomic mass is 35.5. The second-order valence-corrected chi connectivity index (χ2v) is 8.77. The van der Waals surface area contributed by atoms with Gasteiger partial charge in [0.25, 0.3) is 5.91 Å². The highest BCUT2D eigenvalue weighted by Crippen LogP contribution is 2.31. The Morgan fingerprint density at radius 2 is 1.85 bits per heavy atom. The van der Waals surface area contributed by atoms with E-state index in [0.717, 1.165) is 42.9 Å². The maximum Gasteiger partial charge on any atom is 0.295 e. The molecule has 1 aliphatic rings. The number of nitrogens with zero attached hydrogens (tertiary/aromatic N) is 6. The van der Waals surface area contributed by atoms with Crippen LogP contribution in [0.3, 0.4) is 0 Å². The molecule has 0 bridgehead atoms. The minimum Gasteiger partial charge on any atom is -0.319 e. The zero-order valence-electron chi connectivity index (χ0n) is 17.9. The summed E-state index contributed by atoms with van der Waals surface area (Å²) in [6.45, 7) is 2.64. The van der Waals surface area contributed by atoms with Crippen LogP contribution in [0.5, 0.6) is 0 Å². The quantitative estimate of drug-likeness (QED) is 0.436. The van der Waals surface area contributed by atoms with Gasteiger partial charge in [-0.1, -0.05) is 29.6 Å². The van der Waals surface area contributed by atoms with Crippen LogP contribution in [-0.2, 0) is 13.0 Å². The topological polar surface area (TPSA) is 90.5 Å². The lowest BCUT2D eigenvalue weighted by Gasteiger charge is -2.10. The van der Waals surface area contributed by atoms with Crippen molar-refractivity contribution in [2.75, 3.05) is 5.32 Å². The molecule has 0 saturated heterocycles. The van der Waals surface area contributed by atoms with Gasteiger partial charge < -0.3 is 9.88 Å². The maximum atomic E-state index is 12.9. The number of fused-ring (bicyclic) bond motifs is 1. The Morgan fingerprint density at radius 1 is 1.03 bits per heavy atom. The summed E-state index contributed by atoms with van der Waals surface area (Å²) in [6, 6.07) is 12.5. The first-order valence-corrected chi connectivity index (χ1v) is 11.5. The van der Waals surface area contributed by atoms with Crippen LogP contribution in [0.2, 0.25) is 10.0 Å². The van der Waals surface area contributed by atoms with Crippen molar-refractivity contribution in [2.24, 2.45) is 0 Å².